The van der Waals surface area contributed by atoms with Crippen LogP contribution in [0.25, 0.3) is 0 Å². The highest BCUT2D eigenvalue weighted by Gasteiger charge is 2.19. The van der Waals surface area contributed by atoms with Crippen LogP contribution >= 0.6 is 0 Å². The Hall–Kier alpha value is -3.93. The molecule has 0 saturated heterocycles. The molecular formula is C63H104O6. The molecule has 0 saturated carbocycles. The van der Waals surface area contributed by atoms with Crippen LogP contribution in [0.3, 0.4) is 0 Å². The van der Waals surface area contributed by atoms with E-state index in [2.05, 4.69) is 130 Å². The highest BCUT2D eigenvalue weighted by Crippen LogP contribution is 2.13. The predicted molar refractivity (Wildman–Crippen MR) is 297 cm³/mol. The highest BCUT2D eigenvalue weighted by atomic mass is 16.6. The average molecular weight is 958 g/mol. The number of hydrogen-bond donors (Lipinski definition) is 0. The van der Waals surface area contributed by atoms with Crippen LogP contribution < -0.4 is 0 Å². The number of carbonyl (C=O) groups is 3. The molecule has 392 valence electrons. The summed E-state index contributed by atoms with van der Waals surface area (Å²) in [5.74, 6) is -0.998. The molecule has 0 spiro atoms. The zero-order valence-corrected chi connectivity index (χ0v) is 44.8. The van der Waals surface area contributed by atoms with Gasteiger partial charge < -0.3 is 14.2 Å². The maximum absolute atomic E-state index is 12.8. The van der Waals surface area contributed by atoms with Crippen molar-refractivity contribution in [3.63, 3.8) is 0 Å². The van der Waals surface area contributed by atoms with Gasteiger partial charge in [-0.25, -0.2) is 0 Å². The summed E-state index contributed by atoms with van der Waals surface area (Å²) in [6, 6.07) is 0. The van der Waals surface area contributed by atoms with Crippen LogP contribution in [0.5, 0.6) is 0 Å². The summed E-state index contributed by atoms with van der Waals surface area (Å²) < 4.78 is 16.8. The fourth-order valence-corrected chi connectivity index (χ4v) is 7.51. The van der Waals surface area contributed by atoms with Gasteiger partial charge in [0, 0.05) is 19.3 Å². The molecule has 0 N–H and O–H groups in total. The number of carbonyl (C=O) groups excluding carboxylic acids is 3. The SMILES string of the molecule is CC/C=C\C/C=C\C/C=C\C/C=C\C/C=C\CCCCCC(=O)OCC(COC(=O)CCCCC/C=C\C=C/CCCCCCCCC)OC(=O)CCCCC/C=C\C=C/CCCCCCCCC. The van der Waals surface area contributed by atoms with E-state index in [9.17, 15) is 14.4 Å². The van der Waals surface area contributed by atoms with Crippen LogP contribution in [0.15, 0.2) is 109 Å². The van der Waals surface area contributed by atoms with Crippen LogP contribution in [0.4, 0.5) is 0 Å². The molecule has 0 heterocycles. The molecule has 1 atom stereocenters. The van der Waals surface area contributed by atoms with Crippen LogP contribution in [0, 0.1) is 0 Å². The van der Waals surface area contributed by atoms with E-state index in [4.69, 9.17) is 14.2 Å². The lowest BCUT2D eigenvalue weighted by Crippen LogP contribution is -2.30. The van der Waals surface area contributed by atoms with Crippen molar-refractivity contribution in [1.82, 2.24) is 0 Å². The minimum atomic E-state index is -0.819. The van der Waals surface area contributed by atoms with Crippen LogP contribution in [-0.2, 0) is 28.6 Å². The summed E-state index contributed by atoms with van der Waals surface area (Å²) in [4.78, 5) is 38.1. The number of rotatable bonds is 50. The van der Waals surface area contributed by atoms with Crippen molar-refractivity contribution < 1.29 is 28.6 Å². The van der Waals surface area contributed by atoms with Crippen molar-refractivity contribution in [2.24, 2.45) is 0 Å². The molecule has 1 unspecified atom stereocenters. The smallest absolute Gasteiger partial charge is 0.306 e. The topological polar surface area (TPSA) is 78.9 Å². The van der Waals surface area contributed by atoms with Gasteiger partial charge in [0.25, 0.3) is 0 Å². The summed E-state index contributed by atoms with van der Waals surface area (Å²) >= 11 is 0. The van der Waals surface area contributed by atoms with E-state index in [1.807, 2.05) is 0 Å². The lowest BCUT2D eigenvalue weighted by atomic mass is 10.1. The van der Waals surface area contributed by atoms with Gasteiger partial charge in [-0.05, 0) is 116 Å². The molecule has 0 bridgehead atoms. The Bertz CT molecular complexity index is 1420. The minimum absolute atomic E-state index is 0.115. The van der Waals surface area contributed by atoms with Crippen molar-refractivity contribution in [2.75, 3.05) is 13.2 Å². The summed E-state index contributed by atoms with van der Waals surface area (Å²) in [7, 11) is 0. The maximum Gasteiger partial charge on any atom is 0.306 e. The average Bonchev–Trinajstić information content (AvgIpc) is 3.35. The Balaban J connectivity index is 4.54. The maximum atomic E-state index is 12.8. The molecule has 0 rings (SSSR count). The Morgan fingerprint density at radius 2 is 0.609 bits per heavy atom. The lowest BCUT2D eigenvalue weighted by molar-refractivity contribution is -0.167. The number of allylic oxidation sites excluding steroid dienone is 18. The quantitative estimate of drug-likeness (QED) is 0.0199. The van der Waals surface area contributed by atoms with Gasteiger partial charge in [-0.1, -0.05) is 226 Å². The van der Waals surface area contributed by atoms with Gasteiger partial charge >= 0.3 is 17.9 Å². The Morgan fingerprint density at radius 3 is 0.971 bits per heavy atom. The third-order valence-electron chi connectivity index (χ3n) is 11.8. The molecule has 0 aliphatic carbocycles. The first-order valence-electron chi connectivity index (χ1n) is 28.4. The highest BCUT2D eigenvalue weighted by molar-refractivity contribution is 5.71. The van der Waals surface area contributed by atoms with Gasteiger partial charge in [0.15, 0.2) is 6.10 Å². The van der Waals surface area contributed by atoms with Crippen molar-refractivity contribution in [1.29, 1.82) is 0 Å². The second-order valence-corrected chi connectivity index (χ2v) is 18.5. The molecule has 6 nitrogen and oxygen atoms in total. The third-order valence-corrected chi connectivity index (χ3v) is 11.8. The second kappa shape index (κ2) is 56.7. The van der Waals surface area contributed by atoms with E-state index in [1.54, 1.807) is 0 Å². The second-order valence-electron chi connectivity index (χ2n) is 18.5. The molecule has 0 amide bonds. The largest absolute Gasteiger partial charge is 0.462 e. The van der Waals surface area contributed by atoms with Crippen molar-refractivity contribution in [3.05, 3.63) is 109 Å². The Kier molecular flexibility index (Phi) is 53.4. The number of esters is 3. The standard InChI is InChI=1S/C63H104O6/c1-4-7-10-13-16-19-22-25-28-31-32-33-36-38-41-44-47-50-53-56-62(65)68-59-60(69-63(66)57-54-51-48-45-42-39-35-30-27-24-21-18-15-12-9-6-3)58-67-61(64)55-52-49-46-43-40-37-34-29-26-23-20-17-14-11-8-5-2/h7,10,16,19,25,28-30,32-35,37-42,60H,4-6,8-9,11-15,17-18,20-24,26-27,31,36,43-59H2,1-3H3/b10-7-,19-16-,28-25-,33-32-,34-29-,35-30-,40-37-,41-38-,42-39-. The van der Waals surface area contributed by atoms with Gasteiger partial charge in [-0.2, -0.15) is 0 Å². The Labute approximate surface area is 425 Å². The van der Waals surface area contributed by atoms with Gasteiger partial charge in [-0.15, -0.1) is 0 Å². The molecule has 0 aromatic heterocycles. The molecule has 6 heteroatoms. The Morgan fingerprint density at radius 1 is 0.319 bits per heavy atom. The molecule has 0 radical (unpaired) electrons. The monoisotopic (exact) mass is 957 g/mol. The van der Waals surface area contributed by atoms with Crippen LogP contribution in [0.2, 0.25) is 0 Å². The molecule has 0 aromatic rings. The molecule has 0 fully saturated rings. The molecule has 0 aromatic carbocycles. The number of hydrogen-bond acceptors (Lipinski definition) is 6. The summed E-state index contributed by atoms with van der Waals surface area (Å²) in [5.41, 5.74) is 0. The minimum Gasteiger partial charge on any atom is -0.462 e. The molecule has 0 aliphatic heterocycles. The van der Waals surface area contributed by atoms with Gasteiger partial charge in [-0.3, -0.25) is 14.4 Å². The summed E-state index contributed by atoms with van der Waals surface area (Å²) in [5, 5.41) is 0. The fourth-order valence-electron chi connectivity index (χ4n) is 7.51. The molecule has 0 aliphatic rings. The van der Waals surface area contributed by atoms with Crippen molar-refractivity contribution >= 4 is 17.9 Å². The van der Waals surface area contributed by atoms with Gasteiger partial charge in [0.2, 0.25) is 0 Å². The van der Waals surface area contributed by atoms with E-state index in [-0.39, 0.29) is 37.5 Å². The summed E-state index contributed by atoms with van der Waals surface area (Å²) in [6.07, 6.45) is 76.5. The fraction of sp³-hybridized carbons (Fsp3) is 0.667. The number of unbranched alkanes of at least 4 members (excludes halogenated alkanes) is 23. The van der Waals surface area contributed by atoms with E-state index in [0.29, 0.717) is 12.8 Å². The van der Waals surface area contributed by atoms with Crippen LogP contribution in [-0.4, -0.2) is 37.2 Å². The first-order valence-corrected chi connectivity index (χ1v) is 28.4. The normalized spacial score (nSPS) is 12.9. The first-order chi connectivity index (χ1) is 34.0. The molecule has 69 heavy (non-hydrogen) atoms. The van der Waals surface area contributed by atoms with E-state index in [0.717, 1.165) is 122 Å². The van der Waals surface area contributed by atoms with E-state index < -0.39 is 6.10 Å². The van der Waals surface area contributed by atoms with Crippen molar-refractivity contribution in [3.8, 4) is 0 Å². The van der Waals surface area contributed by atoms with Crippen molar-refractivity contribution in [2.45, 2.75) is 258 Å². The lowest BCUT2D eigenvalue weighted by Gasteiger charge is -2.18. The number of ether oxygens (including phenoxy) is 3. The third kappa shape index (κ3) is 54.9. The van der Waals surface area contributed by atoms with Gasteiger partial charge in [0.1, 0.15) is 13.2 Å². The van der Waals surface area contributed by atoms with E-state index >= 15 is 0 Å². The zero-order chi connectivity index (χ0) is 50.0. The summed E-state index contributed by atoms with van der Waals surface area (Å²) in [6.45, 7) is 6.44. The zero-order valence-electron chi connectivity index (χ0n) is 44.8. The van der Waals surface area contributed by atoms with Gasteiger partial charge in [0.05, 0.1) is 0 Å². The van der Waals surface area contributed by atoms with E-state index in [1.165, 1.54) is 89.9 Å². The predicted octanol–water partition coefficient (Wildman–Crippen LogP) is 19.1. The molecular weight excluding hydrogens is 853 g/mol. The van der Waals surface area contributed by atoms with Crippen LogP contribution in [0.1, 0.15) is 252 Å². The first kappa shape index (κ1) is 65.1.